The van der Waals surface area contributed by atoms with Crippen molar-refractivity contribution in [2.45, 2.75) is 0 Å². The lowest BCUT2D eigenvalue weighted by atomic mass is 9.83. The van der Waals surface area contributed by atoms with Crippen molar-refractivity contribution >= 4 is 72.4 Å². The Kier molecular flexibility index (Phi) is 9.15. The first-order valence-electron chi connectivity index (χ1n) is 19.8. The third-order valence-corrected chi connectivity index (χ3v) is 11.4. The van der Waals surface area contributed by atoms with Crippen molar-refractivity contribution in [2.75, 3.05) is 19.1 Å². The second kappa shape index (κ2) is 15.1. The highest BCUT2D eigenvalue weighted by molar-refractivity contribution is 6.27. The van der Waals surface area contributed by atoms with E-state index in [0.29, 0.717) is 11.1 Å². The van der Waals surface area contributed by atoms with Crippen molar-refractivity contribution in [1.82, 2.24) is 4.57 Å². The zero-order valence-corrected chi connectivity index (χ0v) is 33.0. The minimum absolute atomic E-state index is 0.423. The summed E-state index contributed by atoms with van der Waals surface area (Å²) in [5, 5.41) is 5.90. The van der Waals surface area contributed by atoms with E-state index in [1.54, 1.807) is 0 Å². The Balaban J connectivity index is 1.36. The van der Waals surface area contributed by atoms with Gasteiger partial charge in [0.1, 0.15) is 0 Å². The number of carbonyl (C=O) groups excluding carboxylic acids is 2. The van der Waals surface area contributed by atoms with Crippen LogP contribution in [0.25, 0.3) is 71.3 Å². The van der Waals surface area contributed by atoms with E-state index in [0.717, 1.165) is 88.4 Å². The fraction of sp³-hybridized carbons (Fsp3) is 0.0370. The molecule has 0 saturated heterocycles. The average Bonchev–Trinajstić information content (AvgIpc) is 3.65. The minimum atomic E-state index is -0.430. The molecule has 6 heteroatoms. The van der Waals surface area contributed by atoms with Gasteiger partial charge in [0, 0.05) is 38.8 Å². The number of benzene rings is 9. The molecule has 0 aliphatic rings. The molecule has 0 aliphatic heterocycles. The van der Waals surface area contributed by atoms with E-state index in [-0.39, 0.29) is 0 Å². The Labute approximate surface area is 347 Å². The van der Waals surface area contributed by atoms with Crippen molar-refractivity contribution in [3.63, 3.8) is 0 Å². The number of ether oxygens (including phenoxy) is 2. The Hall–Kier alpha value is -7.96. The lowest BCUT2D eigenvalue weighted by Gasteiger charge is -2.29. The molecule has 0 aliphatic carbocycles. The molecule has 0 N–H and O–H groups in total. The minimum Gasteiger partial charge on any atom is -0.465 e. The largest absolute Gasteiger partial charge is 0.465 e. The van der Waals surface area contributed by atoms with Crippen LogP contribution < -0.4 is 4.90 Å². The van der Waals surface area contributed by atoms with Crippen molar-refractivity contribution in [2.24, 2.45) is 0 Å². The summed E-state index contributed by atoms with van der Waals surface area (Å²) in [6.07, 6.45) is 0. The number of esters is 2. The van der Waals surface area contributed by atoms with Gasteiger partial charge in [-0.15, -0.1) is 0 Å². The summed E-state index contributed by atoms with van der Waals surface area (Å²) in [6, 6.07) is 65.8. The standard InChI is InChI=1S/C54H38N2O4/c1-59-53(57)43-27-13-11-25-41(43)50-39-23-9-10-24-40(39)51(42-26-12-14-28-44(42)54(58)60-2)52-45(50)29-17-31-49(52)55(35-18-5-3-6-19-35)37-32-33-48-46(34-37)38-22-15-16-30-47(38)56(48)36-20-7-4-8-21-36/h3-34H,1-2H3. The van der Waals surface area contributed by atoms with Gasteiger partial charge in [-0.1, -0.05) is 127 Å². The van der Waals surface area contributed by atoms with Crippen LogP contribution in [0.15, 0.2) is 194 Å². The lowest BCUT2D eigenvalue weighted by Crippen LogP contribution is -2.12. The van der Waals surface area contributed by atoms with E-state index in [9.17, 15) is 9.59 Å². The number of para-hydroxylation sites is 3. The molecule has 0 radical (unpaired) electrons. The number of methoxy groups -OCH3 is 2. The SMILES string of the molecule is COC(=O)c1ccccc1-c1c2ccccc2c(-c2ccccc2C(=O)OC)c2c(N(c3ccccc3)c3ccc4c(c3)c3ccccc3n4-c3ccccc3)cccc12. The molecule has 6 nitrogen and oxygen atoms in total. The monoisotopic (exact) mass is 778 g/mol. The molecular weight excluding hydrogens is 741 g/mol. The van der Waals surface area contributed by atoms with Crippen LogP contribution in [0, 0.1) is 0 Å². The predicted molar refractivity (Wildman–Crippen MR) is 244 cm³/mol. The maximum atomic E-state index is 13.6. The van der Waals surface area contributed by atoms with Gasteiger partial charge in [-0.25, -0.2) is 9.59 Å². The number of hydrogen-bond acceptors (Lipinski definition) is 5. The summed E-state index contributed by atoms with van der Waals surface area (Å²) < 4.78 is 13.1. The zero-order valence-electron chi connectivity index (χ0n) is 33.0. The molecule has 288 valence electrons. The van der Waals surface area contributed by atoms with Gasteiger partial charge in [-0.2, -0.15) is 0 Å². The molecule has 1 heterocycles. The number of aromatic nitrogens is 1. The van der Waals surface area contributed by atoms with E-state index in [1.807, 2.05) is 84.9 Å². The van der Waals surface area contributed by atoms with Crippen LogP contribution in [0.4, 0.5) is 17.1 Å². The molecule has 0 saturated carbocycles. The highest BCUT2D eigenvalue weighted by atomic mass is 16.5. The molecule has 10 aromatic rings. The second-order valence-electron chi connectivity index (χ2n) is 14.6. The quantitative estimate of drug-likeness (QED) is 0.114. The Morgan fingerprint density at radius 2 is 0.950 bits per heavy atom. The Morgan fingerprint density at radius 1 is 0.433 bits per heavy atom. The summed E-state index contributed by atoms with van der Waals surface area (Å²) in [6.45, 7) is 0. The predicted octanol–water partition coefficient (Wildman–Crippen LogP) is 13.5. The van der Waals surface area contributed by atoms with Crippen molar-refractivity contribution < 1.29 is 19.1 Å². The maximum absolute atomic E-state index is 13.6. The second-order valence-corrected chi connectivity index (χ2v) is 14.6. The summed E-state index contributed by atoms with van der Waals surface area (Å²) in [4.78, 5) is 29.4. The molecule has 9 aromatic carbocycles. The van der Waals surface area contributed by atoms with Crippen molar-refractivity contribution in [3.05, 3.63) is 205 Å². The third-order valence-electron chi connectivity index (χ3n) is 11.4. The molecule has 0 amide bonds. The molecule has 0 spiro atoms. The zero-order chi connectivity index (χ0) is 40.7. The normalized spacial score (nSPS) is 11.3. The van der Waals surface area contributed by atoms with Crippen molar-refractivity contribution in [1.29, 1.82) is 0 Å². The van der Waals surface area contributed by atoms with Gasteiger partial charge in [0.25, 0.3) is 0 Å². The van der Waals surface area contributed by atoms with Gasteiger partial charge in [0.05, 0.1) is 42.1 Å². The summed E-state index contributed by atoms with van der Waals surface area (Å²) in [7, 11) is 2.82. The van der Waals surface area contributed by atoms with E-state index in [1.165, 1.54) is 14.2 Å². The van der Waals surface area contributed by atoms with Crippen molar-refractivity contribution in [3.8, 4) is 27.9 Å². The van der Waals surface area contributed by atoms with E-state index < -0.39 is 11.9 Å². The molecule has 1 aromatic heterocycles. The van der Waals surface area contributed by atoms with Crippen LogP contribution in [0.1, 0.15) is 20.7 Å². The fourth-order valence-electron chi connectivity index (χ4n) is 8.90. The highest BCUT2D eigenvalue weighted by Crippen LogP contribution is 2.51. The molecular formula is C54H38N2O4. The average molecular weight is 779 g/mol. The van der Waals surface area contributed by atoms with Gasteiger partial charge in [0.15, 0.2) is 0 Å². The number of nitrogens with zero attached hydrogens (tertiary/aromatic N) is 2. The number of hydrogen-bond donors (Lipinski definition) is 0. The Bertz CT molecular complexity index is 3280. The molecule has 0 bridgehead atoms. The third kappa shape index (κ3) is 5.88. The van der Waals surface area contributed by atoms with Crippen LogP contribution in [-0.4, -0.2) is 30.7 Å². The maximum Gasteiger partial charge on any atom is 0.338 e. The Morgan fingerprint density at radius 3 is 1.62 bits per heavy atom. The lowest BCUT2D eigenvalue weighted by molar-refractivity contribution is 0.0592. The summed E-state index contributed by atoms with van der Waals surface area (Å²) in [5.41, 5.74) is 10.3. The number of fused-ring (bicyclic) bond motifs is 5. The summed E-state index contributed by atoms with van der Waals surface area (Å²) >= 11 is 0. The van der Waals surface area contributed by atoms with Gasteiger partial charge in [0.2, 0.25) is 0 Å². The first-order chi connectivity index (χ1) is 29.6. The molecule has 60 heavy (non-hydrogen) atoms. The van der Waals surface area contributed by atoms with E-state index >= 15 is 0 Å². The van der Waals surface area contributed by atoms with Crippen LogP contribution in [0.5, 0.6) is 0 Å². The highest BCUT2D eigenvalue weighted by Gasteiger charge is 2.27. The number of anilines is 3. The van der Waals surface area contributed by atoms with Gasteiger partial charge in [-0.3, -0.25) is 0 Å². The molecule has 0 fully saturated rings. The smallest absolute Gasteiger partial charge is 0.338 e. The molecule has 0 unspecified atom stereocenters. The van der Waals surface area contributed by atoms with Gasteiger partial charge >= 0.3 is 11.9 Å². The first kappa shape index (κ1) is 36.4. The number of carbonyl (C=O) groups is 2. The fourth-order valence-corrected chi connectivity index (χ4v) is 8.90. The topological polar surface area (TPSA) is 60.8 Å². The van der Waals surface area contributed by atoms with Crippen LogP contribution in [0.3, 0.4) is 0 Å². The van der Waals surface area contributed by atoms with E-state index in [4.69, 9.17) is 9.47 Å². The summed E-state index contributed by atoms with van der Waals surface area (Å²) in [5.74, 6) is -0.853. The molecule has 10 rings (SSSR count). The first-order valence-corrected chi connectivity index (χ1v) is 19.8. The van der Waals surface area contributed by atoms with Crippen LogP contribution >= 0.6 is 0 Å². The molecule has 0 atom stereocenters. The number of rotatable bonds is 8. The van der Waals surface area contributed by atoms with Crippen LogP contribution in [0.2, 0.25) is 0 Å². The van der Waals surface area contributed by atoms with Gasteiger partial charge < -0.3 is 18.9 Å². The van der Waals surface area contributed by atoms with Gasteiger partial charge in [-0.05, 0) is 99.6 Å². The van der Waals surface area contributed by atoms with E-state index in [2.05, 4.69) is 119 Å². The van der Waals surface area contributed by atoms with Crippen LogP contribution in [-0.2, 0) is 9.47 Å².